The van der Waals surface area contributed by atoms with Gasteiger partial charge in [0.25, 0.3) is 0 Å². The van der Waals surface area contributed by atoms with E-state index in [0.29, 0.717) is 11.5 Å². The second-order valence-corrected chi connectivity index (χ2v) is 9.22. The smallest absolute Gasteiger partial charge is 0.317 e. The lowest BCUT2D eigenvalue weighted by Crippen LogP contribution is -2.27. The molecule has 28 heavy (non-hydrogen) atoms. The van der Waals surface area contributed by atoms with Crippen LogP contribution in [-0.2, 0) is 15.6 Å². The molecule has 0 aliphatic heterocycles. The van der Waals surface area contributed by atoms with Gasteiger partial charge in [0.1, 0.15) is 23.4 Å². The van der Waals surface area contributed by atoms with Crippen molar-refractivity contribution < 1.29 is 23.8 Å². The van der Waals surface area contributed by atoms with Gasteiger partial charge in [0.15, 0.2) is 0 Å². The van der Waals surface area contributed by atoms with E-state index in [0.717, 1.165) is 16.9 Å². The SMILES string of the molecule is COc1cc(C(C)(C)C)c(OC(=O)[C@H](C)[C@H](O)c2ccco2)c(C(C)(C)C)c1. The summed E-state index contributed by atoms with van der Waals surface area (Å²) in [7, 11) is 1.63. The molecule has 0 aliphatic rings. The van der Waals surface area contributed by atoms with E-state index in [1.807, 2.05) is 12.1 Å². The van der Waals surface area contributed by atoms with Crippen molar-refractivity contribution >= 4 is 5.97 Å². The Labute approximate surface area is 167 Å². The number of hydrogen-bond donors (Lipinski definition) is 1. The molecule has 5 heteroatoms. The van der Waals surface area contributed by atoms with Crippen LogP contribution in [0.25, 0.3) is 0 Å². The van der Waals surface area contributed by atoms with Crippen LogP contribution in [0.1, 0.15) is 71.5 Å². The molecule has 0 bridgehead atoms. The molecule has 1 N–H and O–H groups in total. The van der Waals surface area contributed by atoms with E-state index in [1.165, 1.54) is 6.26 Å². The third kappa shape index (κ3) is 4.76. The molecular weight excluding hydrogens is 356 g/mol. The minimum atomic E-state index is -1.07. The third-order valence-electron chi connectivity index (χ3n) is 4.80. The predicted octanol–water partition coefficient (Wildman–Crippen LogP) is 5.16. The van der Waals surface area contributed by atoms with Gasteiger partial charge in [-0.1, -0.05) is 41.5 Å². The Bertz CT molecular complexity index is 771. The van der Waals surface area contributed by atoms with Gasteiger partial charge in [0.2, 0.25) is 0 Å². The summed E-state index contributed by atoms with van der Waals surface area (Å²) in [6.07, 6.45) is 0.395. The summed E-state index contributed by atoms with van der Waals surface area (Å²) in [6, 6.07) is 7.13. The molecule has 1 heterocycles. The highest BCUT2D eigenvalue weighted by molar-refractivity contribution is 5.77. The van der Waals surface area contributed by atoms with Crippen LogP contribution in [0.4, 0.5) is 0 Å². The van der Waals surface area contributed by atoms with Gasteiger partial charge in [-0.15, -0.1) is 0 Å². The van der Waals surface area contributed by atoms with E-state index < -0.39 is 18.0 Å². The van der Waals surface area contributed by atoms with Gasteiger partial charge in [-0.3, -0.25) is 4.79 Å². The fourth-order valence-corrected chi connectivity index (χ4v) is 2.97. The van der Waals surface area contributed by atoms with Crippen LogP contribution in [0.5, 0.6) is 11.5 Å². The summed E-state index contributed by atoms with van der Waals surface area (Å²) in [5, 5.41) is 10.5. The number of ether oxygens (including phenoxy) is 2. The fourth-order valence-electron chi connectivity index (χ4n) is 2.97. The van der Waals surface area contributed by atoms with Crippen LogP contribution >= 0.6 is 0 Å². The predicted molar refractivity (Wildman–Crippen MR) is 109 cm³/mol. The molecule has 0 saturated carbocycles. The molecule has 5 nitrogen and oxygen atoms in total. The average Bonchev–Trinajstić information content (AvgIpc) is 3.13. The van der Waals surface area contributed by atoms with Crippen molar-refractivity contribution in [3.63, 3.8) is 0 Å². The van der Waals surface area contributed by atoms with E-state index >= 15 is 0 Å². The number of rotatable bonds is 5. The van der Waals surface area contributed by atoms with Crippen LogP contribution in [0.3, 0.4) is 0 Å². The Hall–Kier alpha value is -2.27. The lowest BCUT2D eigenvalue weighted by atomic mass is 9.79. The van der Waals surface area contributed by atoms with Gasteiger partial charge in [0, 0.05) is 11.1 Å². The van der Waals surface area contributed by atoms with Gasteiger partial charge in [-0.2, -0.15) is 0 Å². The van der Waals surface area contributed by atoms with Crippen LogP contribution in [0, 0.1) is 5.92 Å². The van der Waals surface area contributed by atoms with Crippen molar-refractivity contribution in [3.05, 3.63) is 47.4 Å². The zero-order chi connectivity index (χ0) is 21.3. The summed E-state index contributed by atoms with van der Waals surface area (Å²) in [5.74, 6) is 0.299. The molecule has 0 amide bonds. The van der Waals surface area contributed by atoms with Gasteiger partial charge in [-0.25, -0.2) is 0 Å². The Morgan fingerprint density at radius 3 is 2.00 bits per heavy atom. The minimum Gasteiger partial charge on any atom is -0.497 e. The minimum absolute atomic E-state index is 0.271. The number of furan rings is 1. The van der Waals surface area contributed by atoms with Crippen LogP contribution < -0.4 is 9.47 Å². The van der Waals surface area contributed by atoms with Gasteiger partial charge >= 0.3 is 5.97 Å². The average molecular weight is 389 g/mol. The first kappa shape index (κ1) is 22.0. The van der Waals surface area contributed by atoms with Gasteiger partial charge in [0.05, 0.1) is 19.3 Å². The van der Waals surface area contributed by atoms with Crippen molar-refractivity contribution in [2.24, 2.45) is 5.92 Å². The summed E-state index contributed by atoms with van der Waals surface area (Å²) >= 11 is 0. The lowest BCUT2D eigenvalue weighted by Gasteiger charge is -2.30. The Morgan fingerprint density at radius 1 is 1.07 bits per heavy atom. The standard InChI is InChI=1S/C23H32O5/c1-14(19(24)18-10-9-11-27-18)21(25)28-20-16(22(2,3)4)12-15(26-8)13-17(20)23(5,6)7/h9-14,19,24H,1-8H3/t14-,19+/m1/s1. The maximum absolute atomic E-state index is 12.9. The van der Waals surface area contributed by atoms with Gasteiger partial charge < -0.3 is 19.0 Å². The maximum Gasteiger partial charge on any atom is 0.317 e. The van der Waals surface area contributed by atoms with Crippen molar-refractivity contribution in [1.82, 2.24) is 0 Å². The normalized spacial score (nSPS) is 14.5. The number of esters is 1. The maximum atomic E-state index is 12.9. The summed E-state index contributed by atoms with van der Waals surface area (Å²) < 4.78 is 16.6. The zero-order valence-electron chi connectivity index (χ0n) is 18.1. The van der Waals surface area contributed by atoms with E-state index in [9.17, 15) is 9.90 Å². The Kier molecular flexibility index (Phi) is 6.29. The van der Waals surface area contributed by atoms with Crippen LogP contribution in [0.2, 0.25) is 0 Å². The zero-order valence-corrected chi connectivity index (χ0v) is 18.1. The second kappa shape index (κ2) is 8.00. The lowest BCUT2D eigenvalue weighted by molar-refractivity contribution is -0.142. The van der Waals surface area contributed by atoms with Crippen molar-refractivity contribution in [1.29, 1.82) is 0 Å². The monoisotopic (exact) mass is 388 g/mol. The molecule has 1 aromatic carbocycles. The highest BCUT2D eigenvalue weighted by Gasteiger charge is 2.33. The number of hydrogen-bond acceptors (Lipinski definition) is 5. The number of carbonyl (C=O) groups is 1. The number of aliphatic hydroxyl groups is 1. The van der Waals surface area contributed by atoms with E-state index in [1.54, 1.807) is 26.2 Å². The number of methoxy groups -OCH3 is 1. The van der Waals surface area contributed by atoms with E-state index in [4.69, 9.17) is 13.9 Å². The molecule has 0 aliphatic carbocycles. The quantitative estimate of drug-likeness (QED) is 0.566. The molecule has 154 valence electrons. The third-order valence-corrected chi connectivity index (χ3v) is 4.80. The largest absolute Gasteiger partial charge is 0.497 e. The van der Waals surface area contributed by atoms with Crippen molar-refractivity contribution in [2.75, 3.05) is 7.11 Å². The summed E-state index contributed by atoms with van der Waals surface area (Å²) in [6.45, 7) is 14.0. The topological polar surface area (TPSA) is 68.9 Å². The first-order valence-electron chi connectivity index (χ1n) is 9.52. The Morgan fingerprint density at radius 2 is 1.61 bits per heavy atom. The van der Waals surface area contributed by atoms with Crippen LogP contribution in [0.15, 0.2) is 34.9 Å². The molecule has 2 atom stereocenters. The van der Waals surface area contributed by atoms with Crippen molar-refractivity contribution in [3.8, 4) is 11.5 Å². The molecule has 0 fully saturated rings. The molecule has 2 aromatic rings. The summed E-state index contributed by atoms with van der Waals surface area (Å²) in [5.41, 5.74) is 1.22. The number of carbonyl (C=O) groups excluding carboxylic acids is 1. The molecule has 1 aromatic heterocycles. The van der Waals surface area contributed by atoms with Crippen molar-refractivity contribution in [2.45, 2.75) is 65.4 Å². The number of benzene rings is 1. The first-order chi connectivity index (χ1) is 12.9. The van der Waals surface area contributed by atoms with E-state index in [-0.39, 0.29) is 10.8 Å². The molecule has 0 unspecified atom stereocenters. The Balaban J connectivity index is 2.49. The molecule has 0 spiro atoms. The molecule has 0 radical (unpaired) electrons. The highest BCUT2D eigenvalue weighted by atomic mass is 16.5. The molecule has 0 saturated heterocycles. The van der Waals surface area contributed by atoms with Crippen LogP contribution in [-0.4, -0.2) is 18.2 Å². The summed E-state index contributed by atoms with van der Waals surface area (Å²) in [4.78, 5) is 12.9. The fraction of sp³-hybridized carbons (Fsp3) is 0.522. The number of aliphatic hydroxyl groups excluding tert-OH is 1. The molecular formula is C23H32O5. The highest BCUT2D eigenvalue weighted by Crippen LogP contribution is 2.43. The van der Waals surface area contributed by atoms with E-state index in [2.05, 4.69) is 41.5 Å². The van der Waals surface area contributed by atoms with Gasteiger partial charge in [-0.05, 0) is 42.0 Å². The second-order valence-electron chi connectivity index (χ2n) is 9.22. The molecule has 2 rings (SSSR count). The first-order valence-corrected chi connectivity index (χ1v) is 9.52.